The minimum absolute atomic E-state index is 0.687. The Balaban J connectivity index is 2.21. The zero-order valence-electron chi connectivity index (χ0n) is 8.61. The van der Waals surface area contributed by atoms with Gasteiger partial charge in [-0.3, -0.25) is 0 Å². The molecule has 1 heterocycles. The van der Waals surface area contributed by atoms with Crippen LogP contribution in [0.4, 0.5) is 5.82 Å². The molecule has 0 saturated heterocycles. The van der Waals surface area contributed by atoms with E-state index in [1.165, 1.54) is 18.4 Å². The normalized spacial score (nSPS) is 15.6. The largest absolute Gasteiger partial charge is 0.352 e. The number of hydrogen-bond donors (Lipinski definition) is 1. The van der Waals surface area contributed by atoms with Crippen molar-refractivity contribution in [1.82, 2.24) is 4.98 Å². The standard InChI is InChI=1S/C11H17N3/c1-9-3-2-7-13-11(9)14(8-6-12)10-4-5-10/h2-3,7,10H,4-6,8,12H2,1H3. The first-order valence-corrected chi connectivity index (χ1v) is 5.21. The monoisotopic (exact) mass is 191 g/mol. The number of anilines is 1. The molecule has 0 amide bonds. The molecule has 1 saturated carbocycles. The van der Waals surface area contributed by atoms with Crippen LogP contribution in [0.5, 0.6) is 0 Å². The molecule has 14 heavy (non-hydrogen) atoms. The first kappa shape index (κ1) is 9.46. The Morgan fingerprint density at radius 3 is 2.93 bits per heavy atom. The Morgan fingerprint density at radius 2 is 2.36 bits per heavy atom. The Kier molecular flexibility index (Phi) is 2.68. The van der Waals surface area contributed by atoms with Gasteiger partial charge in [-0.05, 0) is 31.4 Å². The third kappa shape index (κ3) is 1.87. The van der Waals surface area contributed by atoms with E-state index in [0.29, 0.717) is 12.6 Å². The summed E-state index contributed by atoms with van der Waals surface area (Å²) in [4.78, 5) is 6.77. The Labute approximate surface area is 84.9 Å². The highest BCUT2D eigenvalue weighted by molar-refractivity contribution is 5.48. The highest BCUT2D eigenvalue weighted by Gasteiger charge is 2.29. The van der Waals surface area contributed by atoms with Crippen molar-refractivity contribution in [3.63, 3.8) is 0 Å². The number of hydrogen-bond acceptors (Lipinski definition) is 3. The fraction of sp³-hybridized carbons (Fsp3) is 0.545. The summed E-state index contributed by atoms with van der Waals surface area (Å²) >= 11 is 0. The minimum Gasteiger partial charge on any atom is -0.352 e. The van der Waals surface area contributed by atoms with Crippen molar-refractivity contribution >= 4 is 5.82 Å². The first-order chi connectivity index (χ1) is 6.83. The molecule has 3 nitrogen and oxygen atoms in total. The number of rotatable bonds is 4. The van der Waals surface area contributed by atoms with Gasteiger partial charge < -0.3 is 10.6 Å². The Hall–Kier alpha value is -1.09. The smallest absolute Gasteiger partial charge is 0.131 e. The summed E-state index contributed by atoms with van der Waals surface area (Å²) in [6, 6.07) is 4.77. The molecule has 3 heteroatoms. The van der Waals surface area contributed by atoms with Crippen molar-refractivity contribution in [2.24, 2.45) is 5.73 Å². The van der Waals surface area contributed by atoms with E-state index >= 15 is 0 Å². The van der Waals surface area contributed by atoms with E-state index in [1.807, 2.05) is 12.3 Å². The zero-order chi connectivity index (χ0) is 9.97. The maximum absolute atomic E-state index is 5.61. The maximum Gasteiger partial charge on any atom is 0.131 e. The van der Waals surface area contributed by atoms with Crippen molar-refractivity contribution in [2.75, 3.05) is 18.0 Å². The van der Waals surface area contributed by atoms with Gasteiger partial charge in [-0.15, -0.1) is 0 Å². The lowest BCUT2D eigenvalue weighted by molar-refractivity contribution is 0.768. The summed E-state index contributed by atoms with van der Waals surface area (Å²) in [5, 5.41) is 0. The van der Waals surface area contributed by atoms with E-state index in [0.717, 1.165) is 12.4 Å². The average molecular weight is 191 g/mol. The van der Waals surface area contributed by atoms with E-state index in [-0.39, 0.29) is 0 Å². The molecule has 0 spiro atoms. The van der Waals surface area contributed by atoms with Gasteiger partial charge in [-0.25, -0.2) is 4.98 Å². The predicted octanol–water partition coefficient (Wildman–Crippen LogP) is 1.32. The topological polar surface area (TPSA) is 42.2 Å². The summed E-state index contributed by atoms with van der Waals surface area (Å²) in [5.41, 5.74) is 6.86. The van der Waals surface area contributed by atoms with Gasteiger partial charge in [0.25, 0.3) is 0 Å². The number of aromatic nitrogens is 1. The van der Waals surface area contributed by atoms with Crippen LogP contribution in [0.3, 0.4) is 0 Å². The van der Waals surface area contributed by atoms with Gasteiger partial charge in [0, 0.05) is 25.3 Å². The summed E-state index contributed by atoms with van der Waals surface area (Å²) in [7, 11) is 0. The molecule has 1 aromatic rings. The molecule has 2 rings (SSSR count). The quantitative estimate of drug-likeness (QED) is 0.780. The van der Waals surface area contributed by atoms with E-state index in [2.05, 4.69) is 22.9 Å². The van der Waals surface area contributed by atoms with Crippen LogP contribution >= 0.6 is 0 Å². The lowest BCUT2D eigenvalue weighted by Gasteiger charge is -2.24. The van der Waals surface area contributed by atoms with Gasteiger partial charge in [0.15, 0.2) is 0 Å². The van der Waals surface area contributed by atoms with E-state index in [1.54, 1.807) is 0 Å². The van der Waals surface area contributed by atoms with Crippen LogP contribution in [-0.4, -0.2) is 24.1 Å². The predicted molar refractivity (Wildman–Crippen MR) is 58.4 cm³/mol. The maximum atomic E-state index is 5.61. The van der Waals surface area contributed by atoms with Crippen LogP contribution in [0.15, 0.2) is 18.3 Å². The third-order valence-electron chi connectivity index (χ3n) is 2.61. The van der Waals surface area contributed by atoms with E-state index in [4.69, 9.17) is 5.73 Å². The third-order valence-corrected chi connectivity index (χ3v) is 2.61. The van der Waals surface area contributed by atoms with E-state index in [9.17, 15) is 0 Å². The molecule has 0 aromatic carbocycles. The molecule has 0 unspecified atom stereocenters. The molecule has 1 aliphatic carbocycles. The summed E-state index contributed by atoms with van der Waals surface area (Å²) < 4.78 is 0. The van der Waals surface area contributed by atoms with Crippen LogP contribution < -0.4 is 10.6 Å². The molecule has 1 fully saturated rings. The molecule has 0 aliphatic heterocycles. The molecular formula is C11H17N3. The van der Waals surface area contributed by atoms with Crippen LogP contribution in [0, 0.1) is 6.92 Å². The molecule has 2 N–H and O–H groups in total. The van der Waals surface area contributed by atoms with Gasteiger partial charge in [0.05, 0.1) is 0 Å². The van der Waals surface area contributed by atoms with Crippen molar-refractivity contribution in [2.45, 2.75) is 25.8 Å². The van der Waals surface area contributed by atoms with Crippen LogP contribution in [-0.2, 0) is 0 Å². The van der Waals surface area contributed by atoms with Gasteiger partial charge in [0.2, 0.25) is 0 Å². The van der Waals surface area contributed by atoms with Crippen LogP contribution in [0.2, 0.25) is 0 Å². The average Bonchev–Trinajstić information content (AvgIpc) is 2.99. The van der Waals surface area contributed by atoms with Gasteiger partial charge in [-0.1, -0.05) is 6.07 Å². The second kappa shape index (κ2) is 3.96. The van der Waals surface area contributed by atoms with Crippen LogP contribution in [0.25, 0.3) is 0 Å². The SMILES string of the molecule is Cc1cccnc1N(CCN)C1CC1. The van der Waals surface area contributed by atoms with Crippen molar-refractivity contribution < 1.29 is 0 Å². The second-order valence-electron chi connectivity index (χ2n) is 3.86. The lowest BCUT2D eigenvalue weighted by atomic mass is 10.2. The number of nitrogens with zero attached hydrogens (tertiary/aromatic N) is 2. The zero-order valence-corrected chi connectivity index (χ0v) is 8.61. The Bertz CT molecular complexity index is 307. The highest BCUT2D eigenvalue weighted by Crippen LogP contribution is 2.31. The molecule has 0 bridgehead atoms. The molecular weight excluding hydrogens is 174 g/mol. The lowest BCUT2D eigenvalue weighted by Crippen LogP contribution is -2.32. The van der Waals surface area contributed by atoms with Gasteiger partial charge in [-0.2, -0.15) is 0 Å². The molecule has 0 atom stereocenters. The second-order valence-corrected chi connectivity index (χ2v) is 3.86. The summed E-state index contributed by atoms with van der Waals surface area (Å²) in [6.07, 6.45) is 4.43. The summed E-state index contributed by atoms with van der Waals surface area (Å²) in [5.74, 6) is 1.11. The van der Waals surface area contributed by atoms with Crippen LogP contribution in [0.1, 0.15) is 18.4 Å². The van der Waals surface area contributed by atoms with Crippen molar-refractivity contribution in [3.05, 3.63) is 23.9 Å². The molecule has 0 radical (unpaired) electrons. The van der Waals surface area contributed by atoms with E-state index < -0.39 is 0 Å². The van der Waals surface area contributed by atoms with Gasteiger partial charge in [0.1, 0.15) is 5.82 Å². The first-order valence-electron chi connectivity index (χ1n) is 5.21. The highest BCUT2D eigenvalue weighted by atomic mass is 15.2. The number of pyridine rings is 1. The fourth-order valence-electron chi connectivity index (χ4n) is 1.76. The fourth-order valence-corrected chi connectivity index (χ4v) is 1.76. The molecule has 1 aliphatic rings. The van der Waals surface area contributed by atoms with Crippen molar-refractivity contribution in [1.29, 1.82) is 0 Å². The summed E-state index contributed by atoms with van der Waals surface area (Å²) in [6.45, 7) is 3.73. The molecule has 76 valence electrons. The Morgan fingerprint density at radius 1 is 1.57 bits per heavy atom. The minimum atomic E-state index is 0.687. The number of nitrogens with two attached hydrogens (primary N) is 1. The van der Waals surface area contributed by atoms with Crippen molar-refractivity contribution in [3.8, 4) is 0 Å². The number of aryl methyl sites for hydroxylation is 1. The molecule has 1 aromatic heterocycles. The van der Waals surface area contributed by atoms with Gasteiger partial charge >= 0.3 is 0 Å².